The number of hydrogen-bond donors (Lipinski definition) is 1. The molecule has 0 atom stereocenters. The second-order valence-electron chi connectivity index (χ2n) is 5.53. The van der Waals surface area contributed by atoms with Crippen molar-refractivity contribution in [2.24, 2.45) is 0 Å². The lowest BCUT2D eigenvalue weighted by Gasteiger charge is -2.08. The highest BCUT2D eigenvalue weighted by Crippen LogP contribution is 2.25. The number of ether oxygens (including phenoxy) is 1. The molecule has 0 radical (unpaired) electrons. The minimum atomic E-state index is -0.685. The smallest absolute Gasteiger partial charge is 0.341 e. The molecule has 0 saturated carbocycles. The molecular weight excluding hydrogens is 327 g/mol. The SMILES string of the molecule is C=C(C)c1cc2c(=O)c3cc(C(=O)OCC)c(N)nc3oc2cc1F. The fourth-order valence-electron chi connectivity index (χ4n) is 2.52. The molecule has 2 aromatic heterocycles. The number of anilines is 1. The van der Waals surface area contributed by atoms with Crippen molar-refractivity contribution < 1.29 is 18.3 Å². The number of nitrogen functional groups attached to an aromatic ring is 1. The molecule has 0 aliphatic rings. The molecular formula is C18H15FN2O4. The van der Waals surface area contributed by atoms with Crippen molar-refractivity contribution in [2.75, 3.05) is 12.3 Å². The van der Waals surface area contributed by atoms with E-state index in [4.69, 9.17) is 14.9 Å². The number of hydrogen-bond acceptors (Lipinski definition) is 6. The summed E-state index contributed by atoms with van der Waals surface area (Å²) >= 11 is 0. The van der Waals surface area contributed by atoms with Crippen LogP contribution in [0.3, 0.4) is 0 Å². The lowest BCUT2D eigenvalue weighted by Crippen LogP contribution is -2.12. The van der Waals surface area contributed by atoms with Gasteiger partial charge in [0.2, 0.25) is 11.1 Å². The average molecular weight is 342 g/mol. The van der Waals surface area contributed by atoms with Gasteiger partial charge in [0.15, 0.2) is 0 Å². The van der Waals surface area contributed by atoms with Gasteiger partial charge in [-0.05, 0) is 31.6 Å². The Morgan fingerprint density at radius 3 is 2.64 bits per heavy atom. The number of allylic oxidation sites excluding steroid dienone is 1. The number of carbonyl (C=O) groups is 1. The van der Waals surface area contributed by atoms with Gasteiger partial charge in [-0.3, -0.25) is 4.79 Å². The van der Waals surface area contributed by atoms with Crippen LogP contribution in [0.25, 0.3) is 27.6 Å². The van der Waals surface area contributed by atoms with Crippen LogP contribution >= 0.6 is 0 Å². The number of benzene rings is 1. The van der Waals surface area contributed by atoms with Gasteiger partial charge in [-0.25, -0.2) is 9.18 Å². The third-order valence-corrected chi connectivity index (χ3v) is 3.74. The fourth-order valence-corrected chi connectivity index (χ4v) is 2.52. The van der Waals surface area contributed by atoms with Crippen LogP contribution in [0, 0.1) is 5.82 Å². The van der Waals surface area contributed by atoms with Crippen molar-refractivity contribution in [3.8, 4) is 0 Å². The van der Waals surface area contributed by atoms with Crippen LogP contribution in [0.4, 0.5) is 10.2 Å². The Bertz CT molecular complexity index is 1100. The van der Waals surface area contributed by atoms with E-state index in [0.717, 1.165) is 6.07 Å². The van der Waals surface area contributed by atoms with E-state index < -0.39 is 17.2 Å². The van der Waals surface area contributed by atoms with Crippen LogP contribution in [0.5, 0.6) is 0 Å². The zero-order chi connectivity index (χ0) is 18.3. The molecule has 25 heavy (non-hydrogen) atoms. The Hall–Kier alpha value is -3.22. The summed E-state index contributed by atoms with van der Waals surface area (Å²) in [5.74, 6) is -1.37. The monoisotopic (exact) mass is 342 g/mol. The summed E-state index contributed by atoms with van der Waals surface area (Å²) < 4.78 is 24.5. The van der Waals surface area contributed by atoms with Gasteiger partial charge in [-0.15, -0.1) is 0 Å². The van der Waals surface area contributed by atoms with E-state index in [2.05, 4.69) is 11.6 Å². The minimum absolute atomic E-state index is 0.0248. The van der Waals surface area contributed by atoms with Crippen molar-refractivity contribution in [3.05, 3.63) is 51.9 Å². The zero-order valence-corrected chi connectivity index (χ0v) is 13.7. The van der Waals surface area contributed by atoms with E-state index in [0.29, 0.717) is 5.57 Å². The Kier molecular flexibility index (Phi) is 4.00. The van der Waals surface area contributed by atoms with Gasteiger partial charge < -0.3 is 14.9 Å². The maximum Gasteiger partial charge on any atom is 0.341 e. The van der Waals surface area contributed by atoms with E-state index in [1.54, 1.807) is 13.8 Å². The number of pyridine rings is 1. The Labute approximate surface area is 141 Å². The Balaban J connectivity index is 2.36. The van der Waals surface area contributed by atoms with Gasteiger partial charge in [-0.1, -0.05) is 6.58 Å². The van der Waals surface area contributed by atoms with Crippen molar-refractivity contribution in [2.45, 2.75) is 13.8 Å². The second-order valence-corrected chi connectivity index (χ2v) is 5.53. The molecule has 3 aromatic rings. The maximum absolute atomic E-state index is 14.1. The van der Waals surface area contributed by atoms with Gasteiger partial charge in [0.25, 0.3) is 0 Å². The molecule has 0 amide bonds. The molecule has 7 heteroatoms. The van der Waals surface area contributed by atoms with Crippen molar-refractivity contribution in [3.63, 3.8) is 0 Å². The zero-order valence-electron chi connectivity index (χ0n) is 13.7. The van der Waals surface area contributed by atoms with Gasteiger partial charge >= 0.3 is 5.97 Å². The molecule has 0 aliphatic carbocycles. The van der Waals surface area contributed by atoms with E-state index in [1.165, 1.54) is 12.1 Å². The first-order chi connectivity index (χ1) is 11.8. The summed E-state index contributed by atoms with van der Waals surface area (Å²) in [5.41, 5.74) is 5.92. The standard InChI is InChI=1S/C18H15FN2O4/c1-4-24-18(23)12-6-11-15(22)10-5-9(8(2)3)13(19)7-14(10)25-17(11)21-16(12)20/h5-7H,2,4H2,1,3H3,(H2,20,21). The first kappa shape index (κ1) is 16.6. The van der Waals surface area contributed by atoms with Crippen molar-refractivity contribution >= 4 is 39.4 Å². The topological polar surface area (TPSA) is 95.4 Å². The average Bonchev–Trinajstić information content (AvgIpc) is 2.53. The Morgan fingerprint density at radius 2 is 2.00 bits per heavy atom. The second kappa shape index (κ2) is 6.01. The van der Waals surface area contributed by atoms with Crippen LogP contribution in [0.2, 0.25) is 0 Å². The molecule has 3 rings (SSSR count). The van der Waals surface area contributed by atoms with E-state index in [9.17, 15) is 14.0 Å². The van der Waals surface area contributed by atoms with E-state index >= 15 is 0 Å². The molecule has 0 spiro atoms. The molecule has 128 valence electrons. The summed E-state index contributed by atoms with van der Waals surface area (Å²) in [7, 11) is 0. The summed E-state index contributed by atoms with van der Waals surface area (Å²) in [6.07, 6.45) is 0. The third kappa shape index (κ3) is 2.73. The van der Waals surface area contributed by atoms with Gasteiger partial charge in [-0.2, -0.15) is 4.98 Å². The molecule has 0 fully saturated rings. The van der Waals surface area contributed by atoms with Gasteiger partial charge in [0, 0.05) is 11.6 Å². The van der Waals surface area contributed by atoms with Crippen LogP contribution < -0.4 is 11.2 Å². The predicted octanol–water partition coefficient (Wildman–Crippen LogP) is 3.27. The highest BCUT2D eigenvalue weighted by atomic mass is 19.1. The molecule has 0 bridgehead atoms. The van der Waals surface area contributed by atoms with Gasteiger partial charge in [0.05, 0.1) is 17.4 Å². The van der Waals surface area contributed by atoms with E-state index in [-0.39, 0.29) is 45.6 Å². The Morgan fingerprint density at radius 1 is 1.32 bits per heavy atom. The first-order valence-electron chi connectivity index (χ1n) is 7.53. The summed E-state index contributed by atoms with van der Waals surface area (Å²) in [4.78, 5) is 28.7. The number of aromatic nitrogens is 1. The number of nitrogens with zero attached hydrogens (tertiary/aromatic N) is 1. The molecule has 6 nitrogen and oxygen atoms in total. The predicted molar refractivity (Wildman–Crippen MR) is 92.8 cm³/mol. The normalized spacial score (nSPS) is 11.0. The number of nitrogens with two attached hydrogens (primary N) is 1. The minimum Gasteiger partial charge on any atom is -0.462 e. The molecule has 0 saturated heterocycles. The van der Waals surface area contributed by atoms with E-state index in [1.807, 2.05) is 0 Å². The number of carbonyl (C=O) groups excluding carboxylic acids is 1. The highest BCUT2D eigenvalue weighted by Gasteiger charge is 2.18. The van der Waals surface area contributed by atoms with Crippen molar-refractivity contribution in [1.29, 1.82) is 0 Å². The molecule has 2 heterocycles. The third-order valence-electron chi connectivity index (χ3n) is 3.74. The fraction of sp³-hybridized carbons (Fsp3) is 0.167. The number of halogens is 1. The van der Waals surface area contributed by atoms with Crippen LogP contribution in [-0.4, -0.2) is 17.6 Å². The number of esters is 1. The molecule has 1 aromatic carbocycles. The van der Waals surface area contributed by atoms with Crippen molar-refractivity contribution in [1.82, 2.24) is 4.98 Å². The largest absolute Gasteiger partial charge is 0.462 e. The summed E-state index contributed by atoms with van der Waals surface area (Å²) in [6.45, 7) is 7.13. The molecule has 0 aliphatic heterocycles. The maximum atomic E-state index is 14.1. The summed E-state index contributed by atoms with van der Waals surface area (Å²) in [6, 6.07) is 3.76. The molecule has 2 N–H and O–H groups in total. The lowest BCUT2D eigenvalue weighted by molar-refractivity contribution is 0.0527. The summed E-state index contributed by atoms with van der Waals surface area (Å²) in [5, 5.41) is 0.220. The number of fused-ring (bicyclic) bond motifs is 2. The van der Waals surface area contributed by atoms with Gasteiger partial charge in [0.1, 0.15) is 22.8 Å². The quantitative estimate of drug-likeness (QED) is 0.580. The highest BCUT2D eigenvalue weighted by molar-refractivity contribution is 5.99. The van der Waals surface area contributed by atoms with Crippen LogP contribution in [0.15, 0.2) is 34.0 Å². The van der Waals surface area contributed by atoms with Crippen LogP contribution in [0.1, 0.15) is 29.8 Å². The molecule has 0 unspecified atom stereocenters. The number of rotatable bonds is 3. The first-order valence-corrected chi connectivity index (χ1v) is 7.53. The van der Waals surface area contributed by atoms with Crippen LogP contribution in [-0.2, 0) is 4.74 Å². The lowest BCUT2D eigenvalue weighted by atomic mass is 10.0.